The van der Waals surface area contributed by atoms with Crippen LogP contribution in [0, 0.1) is 0 Å². The summed E-state index contributed by atoms with van der Waals surface area (Å²) >= 11 is 0. The van der Waals surface area contributed by atoms with E-state index in [0.29, 0.717) is 12.1 Å². The van der Waals surface area contributed by atoms with Gasteiger partial charge in [0.25, 0.3) is 0 Å². The molecule has 0 fully saturated rings. The van der Waals surface area contributed by atoms with Gasteiger partial charge in [0.1, 0.15) is 5.82 Å². The zero-order valence-corrected chi connectivity index (χ0v) is 14.6. The van der Waals surface area contributed by atoms with Gasteiger partial charge in [-0.25, -0.2) is 9.97 Å². The number of nitrogens with zero attached hydrogens (tertiary/aromatic N) is 4. The molecule has 1 atom stereocenters. The van der Waals surface area contributed by atoms with E-state index in [4.69, 9.17) is 0 Å². The average molecular weight is 370 g/mol. The molecule has 0 aliphatic carbocycles. The fourth-order valence-electron chi connectivity index (χ4n) is 3.44. The highest BCUT2D eigenvalue weighted by molar-refractivity contribution is 5.58. The number of anilines is 1. The van der Waals surface area contributed by atoms with E-state index < -0.39 is 11.9 Å². The van der Waals surface area contributed by atoms with E-state index in [9.17, 15) is 13.2 Å². The molecule has 7 heteroatoms. The van der Waals surface area contributed by atoms with Crippen molar-refractivity contribution in [2.75, 3.05) is 11.4 Å². The van der Waals surface area contributed by atoms with Crippen molar-refractivity contribution < 1.29 is 13.2 Å². The second kappa shape index (κ2) is 6.64. The summed E-state index contributed by atoms with van der Waals surface area (Å²) in [6.45, 7) is 2.58. The van der Waals surface area contributed by atoms with E-state index >= 15 is 0 Å². The number of hydrogen-bond donors (Lipinski definition) is 0. The SMILES string of the molecule is CC1c2ccccc2CCN1c1cc(C(F)(F)F)nc(-c2cccnc2)n1. The molecule has 1 aliphatic heterocycles. The molecule has 2 aromatic heterocycles. The number of pyridine rings is 1. The molecule has 138 valence electrons. The maximum absolute atomic E-state index is 13.4. The normalized spacial score (nSPS) is 16.9. The number of halogens is 3. The van der Waals surface area contributed by atoms with E-state index in [0.717, 1.165) is 18.1 Å². The molecule has 0 radical (unpaired) electrons. The van der Waals surface area contributed by atoms with Crippen molar-refractivity contribution in [3.63, 3.8) is 0 Å². The molecular weight excluding hydrogens is 353 g/mol. The van der Waals surface area contributed by atoms with Crippen molar-refractivity contribution in [3.8, 4) is 11.4 Å². The van der Waals surface area contributed by atoms with Crippen molar-refractivity contribution in [2.45, 2.75) is 25.6 Å². The minimum atomic E-state index is -4.55. The molecule has 1 aromatic carbocycles. The Morgan fingerprint density at radius 3 is 2.63 bits per heavy atom. The first-order valence-electron chi connectivity index (χ1n) is 8.64. The monoisotopic (exact) mass is 370 g/mol. The predicted molar refractivity (Wildman–Crippen MR) is 96.2 cm³/mol. The molecular formula is C20H17F3N4. The molecule has 0 N–H and O–H groups in total. The third-order valence-electron chi connectivity index (χ3n) is 4.81. The molecule has 0 spiro atoms. The number of aromatic nitrogens is 3. The summed E-state index contributed by atoms with van der Waals surface area (Å²) in [5.74, 6) is 0.303. The molecule has 0 saturated carbocycles. The van der Waals surface area contributed by atoms with E-state index in [1.807, 2.05) is 30.0 Å². The Kier molecular flexibility index (Phi) is 4.30. The maximum Gasteiger partial charge on any atom is 0.433 e. The number of fused-ring (bicyclic) bond motifs is 1. The number of benzene rings is 1. The van der Waals surface area contributed by atoms with Crippen LogP contribution in [0.4, 0.5) is 19.0 Å². The van der Waals surface area contributed by atoms with Gasteiger partial charge in [-0.1, -0.05) is 24.3 Å². The number of alkyl halides is 3. The number of rotatable bonds is 2. The van der Waals surface area contributed by atoms with Gasteiger partial charge in [-0.2, -0.15) is 13.2 Å². The van der Waals surface area contributed by atoms with Crippen molar-refractivity contribution in [2.24, 2.45) is 0 Å². The highest BCUT2D eigenvalue weighted by Crippen LogP contribution is 2.36. The Hall–Kier alpha value is -2.96. The van der Waals surface area contributed by atoms with Gasteiger partial charge < -0.3 is 4.90 Å². The van der Waals surface area contributed by atoms with Crippen LogP contribution >= 0.6 is 0 Å². The third-order valence-corrected chi connectivity index (χ3v) is 4.81. The number of hydrogen-bond acceptors (Lipinski definition) is 4. The quantitative estimate of drug-likeness (QED) is 0.657. The van der Waals surface area contributed by atoms with Gasteiger partial charge in [-0.3, -0.25) is 4.98 Å². The fourth-order valence-corrected chi connectivity index (χ4v) is 3.44. The highest BCUT2D eigenvalue weighted by atomic mass is 19.4. The summed E-state index contributed by atoms with van der Waals surface area (Å²) in [5.41, 5.74) is 1.84. The van der Waals surface area contributed by atoms with Crippen molar-refractivity contribution in [1.29, 1.82) is 0 Å². The van der Waals surface area contributed by atoms with Crippen molar-refractivity contribution in [3.05, 3.63) is 71.7 Å². The third kappa shape index (κ3) is 3.37. The molecule has 3 heterocycles. The molecule has 1 unspecified atom stereocenters. The lowest BCUT2D eigenvalue weighted by Crippen LogP contribution is -2.35. The van der Waals surface area contributed by atoms with Gasteiger partial charge in [0.05, 0.1) is 6.04 Å². The first-order chi connectivity index (χ1) is 12.9. The first kappa shape index (κ1) is 17.5. The van der Waals surface area contributed by atoms with Gasteiger partial charge in [-0.15, -0.1) is 0 Å². The molecule has 4 rings (SSSR count). The Morgan fingerprint density at radius 2 is 1.89 bits per heavy atom. The summed E-state index contributed by atoms with van der Waals surface area (Å²) in [7, 11) is 0. The van der Waals surface area contributed by atoms with Crippen LogP contribution in [-0.2, 0) is 12.6 Å². The molecule has 27 heavy (non-hydrogen) atoms. The van der Waals surface area contributed by atoms with Crippen LogP contribution in [0.5, 0.6) is 0 Å². The van der Waals surface area contributed by atoms with E-state index in [1.165, 1.54) is 11.8 Å². The summed E-state index contributed by atoms with van der Waals surface area (Å²) in [5, 5.41) is 0. The van der Waals surface area contributed by atoms with Crippen LogP contribution in [0.3, 0.4) is 0 Å². The van der Waals surface area contributed by atoms with Crippen LogP contribution in [0.15, 0.2) is 54.9 Å². The van der Waals surface area contributed by atoms with Crippen molar-refractivity contribution >= 4 is 5.82 Å². The zero-order chi connectivity index (χ0) is 19.0. The van der Waals surface area contributed by atoms with E-state index in [2.05, 4.69) is 21.0 Å². The molecule has 3 aromatic rings. The van der Waals surface area contributed by atoms with Gasteiger partial charge in [0, 0.05) is 30.6 Å². The van der Waals surface area contributed by atoms with Gasteiger partial charge >= 0.3 is 6.18 Å². The smallest absolute Gasteiger partial charge is 0.349 e. The molecule has 0 bridgehead atoms. The minimum absolute atomic E-state index is 0.0268. The first-order valence-corrected chi connectivity index (χ1v) is 8.64. The van der Waals surface area contributed by atoms with Crippen LogP contribution in [0.25, 0.3) is 11.4 Å². The maximum atomic E-state index is 13.4. The summed E-state index contributed by atoms with van der Waals surface area (Å²) in [4.78, 5) is 14.0. The average Bonchev–Trinajstić information content (AvgIpc) is 2.68. The van der Waals surface area contributed by atoms with Crippen LogP contribution in [-0.4, -0.2) is 21.5 Å². The molecule has 1 aliphatic rings. The van der Waals surface area contributed by atoms with E-state index in [-0.39, 0.29) is 17.7 Å². The Labute approximate surface area is 154 Å². The largest absolute Gasteiger partial charge is 0.433 e. The second-order valence-electron chi connectivity index (χ2n) is 6.49. The molecule has 0 amide bonds. The topological polar surface area (TPSA) is 41.9 Å². The lowest BCUT2D eigenvalue weighted by atomic mass is 9.93. The lowest BCUT2D eigenvalue weighted by Gasteiger charge is -2.36. The Morgan fingerprint density at radius 1 is 1.07 bits per heavy atom. The van der Waals surface area contributed by atoms with Gasteiger partial charge in [-0.05, 0) is 36.6 Å². The van der Waals surface area contributed by atoms with Gasteiger partial charge in [0.15, 0.2) is 11.5 Å². The van der Waals surface area contributed by atoms with Gasteiger partial charge in [0.2, 0.25) is 0 Å². The Balaban J connectivity index is 1.81. The Bertz CT molecular complexity index is 957. The molecule has 0 saturated heterocycles. The van der Waals surface area contributed by atoms with Crippen LogP contribution in [0.2, 0.25) is 0 Å². The van der Waals surface area contributed by atoms with E-state index in [1.54, 1.807) is 18.3 Å². The summed E-state index contributed by atoms with van der Waals surface area (Å²) < 4.78 is 40.3. The van der Waals surface area contributed by atoms with Crippen molar-refractivity contribution in [1.82, 2.24) is 15.0 Å². The zero-order valence-electron chi connectivity index (χ0n) is 14.6. The summed E-state index contributed by atoms with van der Waals surface area (Å²) in [6, 6.07) is 12.3. The summed E-state index contributed by atoms with van der Waals surface area (Å²) in [6.07, 6.45) is -0.768. The highest BCUT2D eigenvalue weighted by Gasteiger charge is 2.35. The fraction of sp³-hybridized carbons (Fsp3) is 0.250. The standard InChI is InChI=1S/C20H17F3N4/c1-13-16-7-3-2-5-14(16)8-10-27(13)18-11-17(20(21,22)23)25-19(26-18)15-6-4-9-24-12-15/h2-7,9,11-13H,8,10H2,1H3. The predicted octanol–water partition coefficient (Wildman–Crippen LogP) is 4.68. The van der Waals surface area contributed by atoms with Crippen LogP contribution in [0.1, 0.15) is 29.8 Å². The minimum Gasteiger partial charge on any atom is -0.349 e. The molecule has 4 nitrogen and oxygen atoms in total. The second-order valence-corrected chi connectivity index (χ2v) is 6.49. The van der Waals surface area contributed by atoms with Crippen LogP contribution < -0.4 is 4.90 Å². The lowest BCUT2D eigenvalue weighted by molar-refractivity contribution is -0.141.